The molecule has 4 heteroatoms. The van der Waals surface area contributed by atoms with E-state index in [4.69, 9.17) is 0 Å². The monoisotopic (exact) mass is 808 g/mol. The van der Waals surface area contributed by atoms with E-state index < -0.39 is 0 Å². The van der Waals surface area contributed by atoms with Crippen molar-refractivity contribution in [1.82, 2.24) is 0 Å². The lowest BCUT2D eigenvalue weighted by molar-refractivity contribution is 1.62. The number of rotatable bonds is 6. The molecule has 0 spiro atoms. The average Bonchev–Trinajstić information content (AvgIpc) is 4.13. The predicted molar refractivity (Wildman–Crippen MR) is 258 cm³/mol. The van der Waals surface area contributed by atoms with Crippen molar-refractivity contribution >= 4 is 97.8 Å². The highest BCUT2D eigenvalue weighted by molar-refractivity contribution is 7.28. The Morgan fingerprint density at radius 3 is 0.966 bits per heavy atom. The van der Waals surface area contributed by atoms with Gasteiger partial charge in [-0.3, -0.25) is 0 Å². The SMILES string of the molecule is c1ccc(-c2ccc(-c3ccc(-c4cc5ccc6c7ccc8c(ccc9cc(-c%10ccc(-c%11ccc(-c%12ccccc%12)cc%11)s%10)sc98)c7ccc6c5s4)s3)cc2)cc1. The number of thiophene rings is 4. The van der Waals surface area contributed by atoms with E-state index in [1.807, 2.05) is 45.3 Å². The Balaban J connectivity index is 0.856. The maximum Gasteiger partial charge on any atom is 0.0455 e. The van der Waals surface area contributed by atoms with Crippen molar-refractivity contribution < 1.29 is 0 Å². The fraction of sp³-hybridized carbons (Fsp3) is 0. The number of hydrogen-bond donors (Lipinski definition) is 0. The third kappa shape index (κ3) is 5.75. The van der Waals surface area contributed by atoms with Gasteiger partial charge in [0.1, 0.15) is 0 Å². The van der Waals surface area contributed by atoms with Crippen LogP contribution in [-0.4, -0.2) is 0 Å². The molecule has 0 unspecified atom stereocenters. The molecule has 12 rings (SSSR count). The second kappa shape index (κ2) is 13.8. The van der Waals surface area contributed by atoms with Crippen molar-refractivity contribution in [3.05, 3.63) is 194 Å². The molecule has 0 saturated carbocycles. The molecule has 0 aliphatic heterocycles. The first kappa shape index (κ1) is 33.9. The molecule has 0 amide bonds. The van der Waals surface area contributed by atoms with Gasteiger partial charge in [0, 0.05) is 49.4 Å². The van der Waals surface area contributed by atoms with Gasteiger partial charge in [-0.05, 0) is 102 Å². The molecular weight excluding hydrogens is 777 g/mol. The van der Waals surface area contributed by atoms with Gasteiger partial charge in [-0.2, -0.15) is 0 Å². The van der Waals surface area contributed by atoms with Gasteiger partial charge in [0.25, 0.3) is 0 Å². The summed E-state index contributed by atoms with van der Waals surface area (Å²) >= 11 is 7.59. The molecule has 58 heavy (non-hydrogen) atoms. The zero-order valence-corrected chi connectivity index (χ0v) is 34.4. The Morgan fingerprint density at radius 2 is 0.534 bits per heavy atom. The first-order valence-corrected chi connectivity index (χ1v) is 22.7. The molecule has 0 atom stereocenters. The summed E-state index contributed by atoms with van der Waals surface area (Å²) in [5.41, 5.74) is 7.52. The third-order valence-electron chi connectivity index (χ3n) is 11.4. The van der Waals surface area contributed by atoms with E-state index in [1.54, 1.807) is 0 Å². The minimum absolute atomic E-state index is 1.25. The standard InChI is InChI=1S/C54H32S4/c1-3-7-33(8-4-1)35-11-15-37(16-12-35)47-27-29-49(55-47)51-31-39-19-21-43-41-24-26-46-44(42(41)23-25-45(43)53(39)57-51)22-20-40-32-52(58-54(40)46)50-30-28-48(56-50)38-17-13-36(14-18-38)34-9-5-2-6-10-34/h1-32H. The van der Waals surface area contributed by atoms with E-state index in [-0.39, 0.29) is 0 Å². The lowest BCUT2D eigenvalue weighted by Crippen LogP contribution is -1.81. The van der Waals surface area contributed by atoms with Gasteiger partial charge in [0.15, 0.2) is 0 Å². The zero-order chi connectivity index (χ0) is 38.2. The molecule has 8 aromatic carbocycles. The van der Waals surface area contributed by atoms with Crippen LogP contribution in [0.2, 0.25) is 0 Å². The fourth-order valence-electron chi connectivity index (χ4n) is 8.44. The van der Waals surface area contributed by atoms with E-state index in [9.17, 15) is 0 Å². The summed E-state index contributed by atoms with van der Waals surface area (Å²) in [5, 5.41) is 10.6. The van der Waals surface area contributed by atoms with Crippen LogP contribution in [0.1, 0.15) is 0 Å². The molecule has 4 heterocycles. The van der Waals surface area contributed by atoms with Gasteiger partial charge in [0.2, 0.25) is 0 Å². The van der Waals surface area contributed by atoms with Gasteiger partial charge in [-0.1, -0.05) is 158 Å². The van der Waals surface area contributed by atoms with E-state index in [1.165, 1.54) is 115 Å². The zero-order valence-electron chi connectivity index (χ0n) is 31.1. The first-order valence-electron chi connectivity index (χ1n) is 19.5. The topological polar surface area (TPSA) is 0 Å². The van der Waals surface area contributed by atoms with E-state index >= 15 is 0 Å². The minimum Gasteiger partial charge on any atom is -0.134 e. The van der Waals surface area contributed by atoms with Crippen LogP contribution in [0.3, 0.4) is 0 Å². The molecule has 0 bridgehead atoms. The summed E-state index contributed by atoms with van der Waals surface area (Å²) in [6.07, 6.45) is 0. The smallest absolute Gasteiger partial charge is 0.0455 e. The molecule has 12 aromatic rings. The van der Waals surface area contributed by atoms with Crippen molar-refractivity contribution in [2.45, 2.75) is 0 Å². The summed E-state index contributed by atoms with van der Waals surface area (Å²) < 4.78 is 2.72. The van der Waals surface area contributed by atoms with Crippen LogP contribution >= 0.6 is 45.3 Å². The van der Waals surface area contributed by atoms with Crippen LogP contribution < -0.4 is 0 Å². The molecule has 0 fully saturated rings. The summed E-state index contributed by atoms with van der Waals surface area (Å²) in [4.78, 5) is 7.89. The van der Waals surface area contributed by atoms with Crippen molar-refractivity contribution in [1.29, 1.82) is 0 Å². The molecule has 0 aliphatic rings. The predicted octanol–water partition coefficient (Wildman–Crippen LogP) is 17.7. The van der Waals surface area contributed by atoms with E-state index in [0.29, 0.717) is 0 Å². The highest BCUT2D eigenvalue weighted by Gasteiger charge is 2.16. The molecule has 4 aromatic heterocycles. The summed E-state index contributed by atoms with van der Waals surface area (Å²) in [7, 11) is 0. The van der Waals surface area contributed by atoms with Crippen molar-refractivity contribution in [3.8, 4) is 62.6 Å². The van der Waals surface area contributed by atoms with E-state index in [0.717, 1.165) is 0 Å². The van der Waals surface area contributed by atoms with Gasteiger partial charge >= 0.3 is 0 Å². The molecule has 0 aliphatic carbocycles. The van der Waals surface area contributed by atoms with Crippen LogP contribution in [0.4, 0.5) is 0 Å². The van der Waals surface area contributed by atoms with Crippen LogP contribution in [0.25, 0.3) is 115 Å². The lowest BCUT2D eigenvalue weighted by Gasteiger charge is -2.09. The molecule has 0 N–H and O–H groups in total. The van der Waals surface area contributed by atoms with Crippen LogP contribution in [0, 0.1) is 0 Å². The van der Waals surface area contributed by atoms with Gasteiger partial charge in [0.05, 0.1) is 0 Å². The van der Waals surface area contributed by atoms with Crippen molar-refractivity contribution in [3.63, 3.8) is 0 Å². The van der Waals surface area contributed by atoms with Crippen molar-refractivity contribution in [2.24, 2.45) is 0 Å². The highest BCUT2D eigenvalue weighted by atomic mass is 32.1. The Morgan fingerprint density at radius 1 is 0.207 bits per heavy atom. The maximum atomic E-state index is 2.38. The molecule has 272 valence electrons. The normalized spacial score (nSPS) is 11.8. The summed E-state index contributed by atoms with van der Waals surface area (Å²) in [6, 6.07) is 71.7. The maximum absolute atomic E-state index is 2.38. The lowest BCUT2D eigenvalue weighted by atomic mass is 9.96. The second-order valence-corrected chi connectivity index (χ2v) is 19.1. The van der Waals surface area contributed by atoms with Gasteiger partial charge < -0.3 is 0 Å². The molecule has 0 radical (unpaired) electrons. The van der Waals surface area contributed by atoms with Crippen LogP contribution in [0.5, 0.6) is 0 Å². The molecule has 0 nitrogen and oxygen atoms in total. The minimum atomic E-state index is 1.25. The number of fused-ring (bicyclic) bond motifs is 9. The number of benzene rings is 8. The fourth-order valence-corrected chi connectivity index (χ4v) is 13.0. The van der Waals surface area contributed by atoms with Gasteiger partial charge in [-0.25, -0.2) is 0 Å². The Hall–Kier alpha value is -6.14. The summed E-state index contributed by atoms with van der Waals surface area (Å²) in [5.74, 6) is 0. The number of hydrogen-bond acceptors (Lipinski definition) is 4. The quantitative estimate of drug-likeness (QED) is 0.147. The molecule has 0 saturated heterocycles. The Labute approximate surface area is 352 Å². The molecular formula is C54H32S4. The van der Waals surface area contributed by atoms with Gasteiger partial charge in [-0.15, -0.1) is 45.3 Å². The van der Waals surface area contributed by atoms with E-state index in [2.05, 4.69) is 194 Å². The summed E-state index contributed by atoms with van der Waals surface area (Å²) in [6.45, 7) is 0. The first-order chi connectivity index (χ1) is 28.7. The Kier molecular flexibility index (Phi) is 8.05. The third-order valence-corrected chi connectivity index (χ3v) is 16.4. The van der Waals surface area contributed by atoms with Crippen LogP contribution in [-0.2, 0) is 0 Å². The Bertz CT molecular complexity index is 3230. The average molecular weight is 809 g/mol. The van der Waals surface area contributed by atoms with Crippen molar-refractivity contribution in [2.75, 3.05) is 0 Å². The largest absolute Gasteiger partial charge is 0.134 e. The highest BCUT2D eigenvalue weighted by Crippen LogP contribution is 2.46. The second-order valence-electron chi connectivity index (χ2n) is 14.8. The van der Waals surface area contributed by atoms with Crippen LogP contribution in [0.15, 0.2) is 194 Å².